The third-order valence-corrected chi connectivity index (χ3v) is 2.25. The van der Waals surface area contributed by atoms with Gasteiger partial charge in [0.25, 0.3) is 0 Å². The monoisotopic (exact) mass is 181 g/mol. The van der Waals surface area contributed by atoms with Crippen molar-refractivity contribution in [1.82, 2.24) is 0 Å². The smallest absolute Gasteiger partial charge is 0.145 e. The molecule has 0 bridgehead atoms. The van der Waals surface area contributed by atoms with Crippen LogP contribution < -0.4 is 10.5 Å². The number of benzene rings is 1. The van der Waals surface area contributed by atoms with Crippen molar-refractivity contribution in [3.8, 4) is 5.75 Å². The van der Waals surface area contributed by atoms with Crippen LogP contribution >= 0.6 is 0 Å². The summed E-state index contributed by atoms with van der Waals surface area (Å²) in [6, 6.07) is 2.82. The molecule has 3 heteroatoms. The Morgan fingerprint density at radius 3 is 3.00 bits per heavy atom. The average Bonchev–Trinajstić information content (AvgIpc) is 2.28. The minimum absolute atomic E-state index is 0.276. The van der Waals surface area contributed by atoms with E-state index in [1.54, 1.807) is 0 Å². The Hall–Kier alpha value is -1.25. The molecule has 70 valence electrons. The van der Waals surface area contributed by atoms with E-state index in [2.05, 4.69) is 0 Å². The quantitative estimate of drug-likeness (QED) is 0.622. The molecule has 1 aromatic carbocycles. The van der Waals surface area contributed by atoms with Gasteiger partial charge in [-0.15, -0.1) is 0 Å². The number of hydrogen-bond donors (Lipinski definition) is 1. The van der Waals surface area contributed by atoms with Crippen molar-refractivity contribution < 1.29 is 9.13 Å². The lowest BCUT2D eigenvalue weighted by Gasteiger charge is -2.09. The summed E-state index contributed by atoms with van der Waals surface area (Å²) < 4.78 is 18.4. The van der Waals surface area contributed by atoms with Crippen LogP contribution in [-0.2, 0) is 6.42 Å². The van der Waals surface area contributed by atoms with Gasteiger partial charge >= 0.3 is 0 Å². The molecule has 0 fully saturated rings. The van der Waals surface area contributed by atoms with Crippen molar-refractivity contribution in [1.29, 1.82) is 0 Å². The number of nitrogens with two attached hydrogens (primary N) is 1. The van der Waals surface area contributed by atoms with E-state index in [0.29, 0.717) is 18.0 Å². The summed E-state index contributed by atoms with van der Waals surface area (Å²) in [7, 11) is 0. The molecule has 1 heterocycles. The van der Waals surface area contributed by atoms with E-state index in [4.69, 9.17) is 10.5 Å². The highest BCUT2D eigenvalue weighted by atomic mass is 19.1. The molecule has 0 atom stereocenters. The van der Waals surface area contributed by atoms with E-state index in [0.717, 1.165) is 24.8 Å². The first-order valence-corrected chi connectivity index (χ1v) is 4.48. The maximum absolute atomic E-state index is 13.0. The molecular weight excluding hydrogens is 169 g/mol. The summed E-state index contributed by atoms with van der Waals surface area (Å²) in [5.74, 6) is 0.403. The van der Waals surface area contributed by atoms with Gasteiger partial charge in [0.1, 0.15) is 11.6 Å². The van der Waals surface area contributed by atoms with E-state index >= 15 is 0 Å². The van der Waals surface area contributed by atoms with Crippen molar-refractivity contribution >= 4 is 5.69 Å². The predicted octanol–water partition coefficient (Wildman–Crippen LogP) is 2.12. The number of nitrogen functional groups attached to an aromatic ring is 1. The van der Waals surface area contributed by atoms with Crippen LogP contribution in [0, 0.1) is 5.82 Å². The summed E-state index contributed by atoms with van der Waals surface area (Å²) in [5.41, 5.74) is 6.96. The van der Waals surface area contributed by atoms with Gasteiger partial charge < -0.3 is 10.5 Å². The molecule has 13 heavy (non-hydrogen) atoms. The number of rotatable bonds is 0. The first-order chi connectivity index (χ1) is 6.27. The van der Waals surface area contributed by atoms with Crippen LogP contribution in [0.5, 0.6) is 5.75 Å². The molecule has 0 unspecified atom stereocenters. The van der Waals surface area contributed by atoms with Crippen LogP contribution in [0.3, 0.4) is 0 Å². The van der Waals surface area contributed by atoms with Crippen LogP contribution in [0.1, 0.15) is 18.4 Å². The Morgan fingerprint density at radius 1 is 1.31 bits per heavy atom. The van der Waals surface area contributed by atoms with E-state index in [1.165, 1.54) is 12.1 Å². The molecule has 2 rings (SSSR count). The second-order valence-electron chi connectivity index (χ2n) is 3.29. The Morgan fingerprint density at radius 2 is 2.15 bits per heavy atom. The van der Waals surface area contributed by atoms with Crippen molar-refractivity contribution in [2.45, 2.75) is 19.3 Å². The fourth-order valence-electron chi connectivity index (χ4n) is 1.63. The normalized spacial score (nSPS) is 15.8. The SMILES string of the molecule is Nc1cc(F)cc2c1OCCCC2. The topological polar surface area (TPSA) is 35.2 Å². The molecule has 0 saturated carbocycles. The minimum atomic E-state index is -0.276. The fraction of sp³-hybridized carbons (Fsp3) is 0.400. The zero-order valence-electron chi connectivity index (χ0n) is 7.35. The lowest BCUT2D eigenvalue weighted by Crippen LogP contribution is -2.00. The second kappa shape index (κ2) is 3.24. The maximum Gasteiger partial charge on any atom is 0.145 e. The zero-order valence-corrected chi connectivity index (χ0v) is 7.35. The molecule has 0 radical (unpaired) electrons. The standard InChI is InChI=1S/C10H12FNO/c11-8-5-7-3-1-2-4-13-10(7)9(12)6-8/h5-6H,1-4,12H2. The van der Waals surface area contributed by atoms with Gasteiger partial charge in [0.2, 0.25) is 0 Å². The molecule has 0 spiro atoms. The van der Waals surface area contributed by atoms with Crippen molar-refractivity contribution in [2.75, 3.05) is 12.3 Å². The van der Waals surface area contributed by atoms with E-state index < -0.39 is 0 Å². The maximum atomic E-state index is 13.0. The second-order valence-corrected chi connectivity index (χ2v) is 3.29. The highest BCUT2D eigenvalue weighted by molar-refractivity contribution is 5.57. The molecule has 1 aliphatic heterocycles. The van der Waals surface area contributed by atoms with E-state index in [1.807, 2.05) is 0 Å². The minimum Gasteiger partial charge on any atom is -0.491 e. The molecule has 0 aliphatic carbocycles. The molecule has 0 amide bonds. The molecule has 1 aliphatic rings. The molecule has 1 aromatic rings. The number of fused-ring (bicyclic) bond motifs is 1. The summed E-state index contributed by atoms with van der Waals surface area (Å²) in [4.78, 5) is 0. The molecule has 0 saturated heterocycles. The van der Waals surface area contributed by atoms with Gasteiger partial charge in [-0.25, -0.2) is 4.39 Å². The average molecular weight is 181 g/mol. The van der Waals surface area contributed by atoms with Crippen LogP contribution in [0.15, 0.2) is 12.1 Å². The summed E-state index contributed by atoms with van der Waals surface area (Å²) >= 11 is 0. The van der Waals surface area contributed by atoms with Crippen LogP contribution in [0.2, 0.25) is 0 Å². The number of anilines is 1. The highest BCUT2D eigenvalue weighted by Crippen LogP contribution is 2.31. The Bertz CT molecular complexity index is 325. The summed E-state index contributed by atoms with van der Waals surface area (Å²) in [5, 5.41) is 0. The summed E-state index contributed by atoms with van der Waals surface area (Å²) in [6.07, 6.45) is 2.91. The van der Waals surface area contributed by atoms with Crippen LogP contribution in [0.25, 0.3) is 0 Å². The molecule has 0 aromatic heterocycles. The van der Waals surface area contributed by atoms with Crippen LogP contribution in [0.4, 0.5) is 10.1 Å². The molecular formula is C10H12FNO. The van der Waals surface area contributed by atoms with Gasteiger partial charge in [0.05, 0.1) is 12.3 Å². The Kier molecular flexibility index (Phi) is 2.08. The third kappa shape index (κ3) is 1.59. The van der Waals surface area contributed by atoms with Crippen molar-refractivity contribution in [3.63, 3.8) is 0 Å². The first kappa shape index (κ1) is 8.35. The van der Waals surface area contributed by atoms with Gasteiger partial charge in [0, 0.05) is 6.07 Å². The Labute approximate surface area is 76.5 Å². The third-order valence-electron chi connectivity index (χ3n) is 2.25. The highest BCUT2D eigenvalue weighted by Gasteiger charge is 2.13. The van der Waals surface area contributed by atoms with E-state index in [-0.39, 0.29) is 5.82 Å². The van der Waals surface area contributed by atoms with Gasteiger partial charge in [-0.3, -0.25) is 0 Å². The molecule has 2 N–H and O–H groups in total. The largest absolute Gasteiger partial charge is 0.491 e. The van der Waals surface area contributed by atoms with Gasteiger partial charge in [0.15, 0.2) is 0 Å². The summed E-state index contributed by atoms with van der Waals surface area (Å²) in [6.45, 7) is 0.683. The number of halogens is 1. The predicted molar refractivity (Wildman–Crippen MR) is 49.2 cm³/mol. The van der Waals surface area contributed by atoms with Gasteiger partial charge in [-0.1, -0.05) is 0 Å². The Balaban J connectivity index is 2.47. The number of ether oxygens (including phenoxy) is 1. The zero-order chi connectivity index (χ0) is 9.26. The van der Waals surface area contributed by atoms with Gasteiger partial charge in [-0.05, 0) is 30.9 Å². The lowest BCUT2D eigenvalue weighted by atomic mass is 10.1. The fourth-order valence-corrected chi connectivity index (χ4v) is 1.63. The first-order valence-electron chi connectivity index (χ1n) is 4.48. The van der Waals surface area contributed by atoms with Crippen LogP contribution in [-0.4, -0.2) is 6.61 Å². The van der Waals surface area contributed by atoms with Gasteiger partial charge in [-0.2, -0.15) is 0 Å². The molecule has 2 nitrogen and oxygen atoms in total. The lowest BCUT2D eigenvalue weighted by molar-refractivity contribution is 0.318. The van der Waals surface area contributed by atoms with Crippen molar-refractivity contribution in [2.24, 2.45) is 0 Å². The van der Waals surface area contributed by atoms with E-state index in [9.17, 15) is 4.39 Å². The van der Waals surface area contributed by atoms with Crippen molar-refractivity contribution in [3.05, 3.63) is 23.5 Å². The number of hydrogen-bond acceptors (Lipinski definition) is 2. The number of aryl methyl sites for hydroxylation is 1.